The van der Waals surface area contributed by atoms with Crippen LogP contribution in [-0.2, 0) is 12.7 Å². The molecule has 0 spiro atoms. The van der Waals surface area contributed by atoms with E-state index in [9.17, 15) is 18.0 Å². The minimum atomic E-state index is -4.81. The Kier molecular flexibility index (Phi) is 7.61. The molecule has 0 fully saturated rings. The molecule has 0 saturated carbocycles. The summed E-state index contributed by atoms with van der Waals surface area (Å²) in [5.41, 5.74) is 3.91. The van der Waals surface area contributed by atoms with E-state index in [2.05, 4.69) is 0 Å². The molecule has 2 N–H and O–H groups in total. The Morgan fingerprint density at radius 3 is 2.33 bits per heavy atom. The van der Waals surface area contributed by atoms with Crippen LogP contribution in [0.2, 0.25) is 15.1 Å². The van der Waals surface area contributed by atoms with E-state index < -0.39 is 23.0 Å². The fourth-order valence-corrected chi connectivity index (χ4v) is 5.37. The second kappa shape index (κ2) is 10.4. The molecule has 2 aromatic carbocycles. The van der Waals surface area contributed by atoms with Crippen molar-refractivity contribution in [1.82, 2.24) is 4.57 Å². The smallest absolute Gasteiger partial charge is 0.418 e. The Labute approximate surface area is 223 Å². The molecule has 0 amide bonds. The van der Waals surface area contributed by atoms with Crippen molar-refractivity contribution in [2.24, 2.45) is 0 Å². The summed E-state index contributed by atoms with van der Waals surface area (Å²) in [6.07, 6.45) is -4.81. The number of halogens is 6. The lowest BCUT2D eigenvalue weighted by Crippen LogP contribution is -2.28. The van der Waals surface area contributed by atoms with Crippen LogP contribution >= 0.6 is 46.1 Å². The van der Waals surface area contributed by atoms with Gasteiger partial charge in [0.1, 0.15) is 11.4 Å². The molecule has 4 rings (SSSR count). The monoisotopic (exact) mass is 572 g/mol. The van der Waals surface area contributed by atoms with E-state index in [0.717, 1.165) is 16.5 Å². The first-order valence-corrected chi connectivity index (χ1v) is 12.5. The Balaban J connectivity index is 1.85. The third-order valence-electron chi connectivity index (χ3n) is 5.36. The van der Waals surface area contributed by atoms with Gasteiger partial charge in [-0.15, -0.1) is 11.3 Å². The van der Waals surface area contributed by atoms with E-state index in [1.165, 1.54) is 22.0 Å². The predicted molar refractivity (Wildman–Crippen MR) is 141 cm³/mol. The molecule has 0 atom stereocenters. The number of nitrogen functional groups attached to an aromatic ring is 1. The molecule has 0 saturated heterocycles. The number of anilines is 1. The number of thiophene rings is 1. The molecule has 36 heavy (non-hydrogen) atoms. The molecule has 0 aliphatic heterocycles. The Morgan fingerprint density at radius 2 is 1.69 bits per heavy atom. The fourth-order valence-electron chi connectivity index (χ4n) is 3.64. The zero-order valence-electron chi connectivity index (χ0n) is 18.6. The Hall–Kier alpha value is -2.65. The lowest BCUT2D eigenvalue weighted by Gasteiger charge is -2.18. The van der Waals surface area contributed by atoms with Gasteiger partial charge < -0.3 is 15.0 Å². The van der Waals surface area contributed by atoms with Crippen LogP contribution in [0.15, 0.2) is 59.4 Å². The number of alkyl halides is 3. The first kappa shape index (κ1) is 26.4. The number of hydrogen-bond donors (Lipinski definition) is 1. The number of nitrogens with zero attached hydrogens (tertiary/aromatic N) is 1. The van der Waals surface area contributed by atoms with Gasteiger partial charge in [0.05, 0.1) is 34.3 Å². The molecule has 0 radical (unpaired) electrons. The predicted octanol–water partition coefficient (Wildman–Crippen LogP) is 8.25. The van der Waals surface area contributed by atoms with Crippen LogP contribution in [0.5, 0.6) is 5.75 Å². The first-order valence-electron chi connectivity index (χ1n) is 10.6. The van der Waals surface area contributed by atoms with Gasteiger partial charge >= 0.3 is 6.18 Å². The number of aromatic nitrogens is 1. The molecule has 2 heterocycles. The standard InChI is InChI=1S/C25H18Cl3F3N2O2S/c1-2-35-20-6-4-13(9-18(20)28)21-7-8-22(36-21)19-11-16(25(29,30)31)23(32)24(34)33(19)12-14-3-5-15(26)10-17(14)27/h3-11H,2,12,32H2,1H3. The van der Waals surface area contributed by atoms with Crippen molar-refractivity contribution in [1.29, 1.82) is 0 Å². The maximum Gasteiger partial charge on any atom is 0.418 e. The summed E-state index contributed by atoms with van der Waals surface area (Å²) >= 11 is 19.8. The first-order chi connectivity index (χ1) is 17.0. The number of nitrogens with two attached hydrogens (primary N) is 1. The SMILES string of the molecule is CCOc1ccc(-c2ccc(-c3cc(C(F)(F)F)c(N)c(=O)n3Cc3ccc(Cl)cc3Cl)s2)cc1Cl. The van der Waals surface area contributed by atoms with E-state index in [1.54, 1.807) is 42.5 Å². The fraction of sp³-hybridized carbons (Fsp3) is 0.160. The van der Waals surface area contributed by atoms with Crippen LogP contribution in [0.4, 0.5) is 18.9 Å². The van der Waals surface area contributed by atoms with Crippen LogP contribution in [-0.4, -0.2) is 11.2 Å². The van der Waals surface area contributed by atoms with Crippen molar-refractivity contribution in [2.75, 3.05) is 12.3 Å². The summed E-state index contributed by atoms with van der Waals surface area (Å²) < 4.78 is 47.8. The van der Waals surface area contributed by atoms with Crippen molar-refractivity contribution >= 4 is 51.8 Å². The lowest BCUT2D eigenvalue weighted by atomic mass is 10.1. The quantitative estimate of drug-likeness (QED) is 0.253. The third kappa shape index (κ3) is 5.37. The molecule has 0 bridgehead atoms. The molecule has 0 aliphatic carbocycles. The summed E-state index contributed by atoms with van der Waals surface area (Å²) in [6, 6.07) is 14.2. The topological polar surface area (TPSA) is 57.2 Å². The van der Waals surface area contributed by atoms with E-state index in [4.69, 9.17) is 45.3 Å². The van der Waals surface area contributed by atoms with Crippen LogP contribution in [0.1, 0.15) is 18.1 Å². The number of hydrogen-bond acceptors (Lipinski definition) is 4. The number of pyridine rings is 1. The van der Waals surface area contributed by atoms with Gasteiger partial charge in [-0.25, -0.2) is 0 Å². The van der Waals surface area contributed by atoms with Gasteiger partial charge in [0.25, 0.3) is 5.56 Å². The number of benzene rings is 2. The van der Waals surface area contributed by atoms with Crippen molar-refractivity contribution in [3.63, 3.8) is 0 Å². The highest BCUT2D eigenvalue weighted by molar-refractivity contribution is 7.18. The highest BCUT2D eigenvalue weighted by Gasteiger charge is 2.36. The minimum Gasteiger partial charge on any atom is -0.492 e. The zero-order chi connectivity index (χ0) is 26.2. The van der Waals surface area contributed by atoms with E-state index in [1.807, 2.05) is 6.92 Å². The average Bonchev–Trinajstić information content (AvgIpc) is 3.29. The maximum atomic E-state index is 13.7. The van der Waals surface area contributed by atoms with Crippen LogP contribution < -0.4 is 16.0 Å². The maximum absolute atomic E-state index is 13.7. The van der Waals surface area contributed by atoms with E-state index in [0.29, 0.717) is 32.8 Å². The van der Waals surface area contributed by atoms with Crippen LogP contribution in [0.25, 0.3) is 21.0 Å². The molecule has 2 aromatic heterocycles. The van der Waals surface area contributed by atoms with E-state index >= 15 is 0 Å². The van der Waals surface area contributed by atoms with Gasteiger partial charge in [0.2, 0.25) is 0 Å². The van der Waals surface area contributed by atoms with Gasteiger partial charge in [-0.3, -0.25) is 4.79 Å². The van der Waals surface area contributed by atoms with Crippen molar-refractivity contribution in [3.8, 4) is 26.8 Å². The highest BCUT2D eigenvalue weighted by Crippen LogP contribution is 2.40. The zero-order valence-corrected chi connectivity index (χ0v) is 21.7. The number of rotatable bonds is 6. The highest BCUT2D eigenvalue weighted by atomic mass is 35.5. The molecule has 4 nitrogen and oxygen atoms in total. The summed E-state index contributed by atoms with van der Waals surface area (Å²) in [7, 11) is 0. The molecule has 0 unspecified atom stereocenters. The van der Waals surface area contributed by atoms with E-state index in [-0.39, 0.29) is 17.3 Å². The van der Waals surface area contributed by atoms with Gasteiger partial charge in [-0.2, -0.15) is 13.2 Å². The summed E-state index contributed by atoms with van der Waals surface area (Å²) in [5.74, 6) is 0.529. The lowest BCUT2D eigenvalue weighted by molar-refractivity contribution is -0.137. The van der Waals surface area contributed by atoms with Crippen LogP contribution in [0, 0.1) is 0 Å². The largest absolute Gasteiger partial charge is 0.492 e. The molecule has 11 heteroatoms. The van der Waals surface area contributed by atoms with Crippen molar-refractivity contribution < 1.29 is 17.9 Å². The minimum absolute atomic E-state index is 0.0563. The van der Waals surface area contributed by atoms with Crippen molar-refractivity contribution in [3.05, 3.63) is 91.1 Å². The van der Waals surface area contributed by atoms with Gasteiger partial charge in [0.15, 0.2) is 0 Å². The van der Waals surface area contributed by atoms with Gasteiger partial charge in [0, 0.05) is 14.9 Å². The molecular formula is C25H18Cl3F3N2O2S. The second-order valence-corrected chi connectivity index (χ2v) is 10.1. The Bertz CT molecular complexity index is 1500. The van der Waals surface area contributed by atoms with Crippen LogP contribution in [0.3, 0.4) is 0 Å². The average molecular weight is 574 g/mol. The Morgan fingerprint density at radius 1 is 0.972 bits per heavy atom. The third-order valence-corrected chi connectivity index (χ3v) is 7.40. The summed E-state index contributed by atoms with van der Waals surface area (Å²) in [5, 5.41) is 1.07. The summed E-state index contributed by atoms with van der Waals surface area (Å²) in [6.45, 7) is 2.19. The van der Waals surface area contributed by atoms with Gasteiger partial charge in [-0.05, 0) is 66.6 Å². The number of ether oxygens (including phenoxy) is 1. The van der Waals surface area contributed by atoms with Gasteiger partial charge in [-0.1, -0.05) is 40.9 Å². The molecule has 4 aromatic rings. The normalized spacial score (nSPS) is 11.6. The molecule has 0 aliphatic rings. The molecule has 188 valence electrons. The summed E-state index contributed by atoms with van der Waals surface area (Å²) in [4.78, 5) is 14.2. The van der Waals surface area contributed by atoms with Crippen molar-refractivity contribution in [2.45, 2.75) is 19.6 Å². The molecular weight excluding hydrogens is 556 g/mol. The second-order valence-electron chi connectivity index (χ2n) is 7.72.